The summed E-state index contributed by atoms with van der Waals surface area (Å²) in [7, 11) is 0. The minimum atomic E-state index is -0.0546. The number of carbonyl (C=O) groups is 1. The van der Waals surface area contributed by atoms with E-state index in [2.05, 4.69) is 25.2 Å². The predicted molar refractivity (Wildman–Crippen MR) is 82.3 cm³/mol. The smallest absolute Gasteiger partial charge is 0.239 e. The van der Waals surface area contributed by atoms with E-state index in [0.717, 1.165) is 25.9 Å². The molecule has 0 aromatic carbocycles. The lowest BCUT2D eigenvalue weighted by molar-refractivity contribution is -0.119. The van der Waals surface area contributed by atoms with Crippen molar-refractivity contribution in [3.63, 3.8) is 0 Å². The molecule has 1 aliphatic rings. The van der Waals surface area contributed by atoms with Gasteiger partial charge in [0.05, 0.1) is 6.54 Å². The van der Waals surface area contributed by atoms with Crippen molar-refractivity contribution >= 4 is 23.8 Å². The molecule has 1 aromatic heterocycles. The van der Waals surface area contributed by atoms with Crippen LogP contribution in [0.15, 0.2) is 0 Å². The fraction of sp³-hybridized carbons (Fsp3) is 0.692. The predicted octanol–water partition coefficient (Wildman–Crippen LogP) is 0.0164. The average Bonchev–Trinajstić information content (AvgIpc) is 2.98. The van der Waals surface area contributed by atoms with Crippen LogP contribution in [0.3, 0.4) is 0 Å². The lowest BCUT2D eigenvalue weighted by atomic mass is 10.4. The van der Waals surface area contributed by atoms with Crippen molar-refractivity contribution in [1.82, 2.24) is 20.3 Å². The van der Waals surface area contributed by atoms with Gasteiger partial charge in [-0.05, 0) is 26.7 Å². The molecule has 2 heterocycles. The third kappa shape index (κ3) is 3.93. The lowest BCUT2D eigenvalue weighted by Gasteiger charge is -2.22. The van der Waals surface area contributed by atoms with Gasteiger partial charge in [-0.1, -0.05) is 0 Å². The molecule has 0 aliphatic carbocycles. The molecule has 0 radical (unpaired) electrons. The summed E-state index contributed by atoms with van der Waals surface area (Å²) in [4.78, 5) is 28.5. The molecule has 0 spiro atoms. The average molecular weight is 293 g/mol. The first-order chi connectivity index (χ1) is 10.1. The van der Waals surface area contributed by atoms with E-state index < -0.39 is 0 Å². The van der Waals surface area contributed by atoms with E-state index in [1.165, 1.54) is 0 Å². The Balaban J connectivity index is 2.18. The Morgan fingerprint density at radius 3 is 2.62 bits per heavy atom. The Hall–Kier alpha value is -2.12. The number of anilines is 3. The molecule has 21 heavy (non-hydrogen) atoms. The molecular formula is C13H23N7O. The summed E-state index contributed by atoms with van der Waals surface area (Å²) < 4.78 is 0. The zero-order valence-electron chi connectivity index (χ0n) is 12.7. The molecule has 2 rings (SSSR count). The van der Waals surface area contributed by atoms with Gasteiger partial charge in [0, 0.05) is 26.2 Å². The molecule has 1 saturated heterocycles. The zero-order valence-corrected chi connectivity index (χ0v) is 12.7. The summed E-state index contributed by atoms with van der Waals surface area (Å²) >= 11 is 0. The van der Waals surface area contributed by atoms with E-state index in [0.29, 0.717) is 25.0 Å². The quantitative estimate of drug-likeness (QED) is 0.762. The monoisotopic (exact) mass is 293 g/mol. The molecule has 0 unspecified atom stereocenters. The standard InChI is InChI=1S/C13H23N7O/c1-3-15-10(21)9-19(4-2)12-16-11(14)17-13(18-12)20-7-5-6-8-20/h3-9H2,1-2H3,(H,15,21)(H2,14,16,17,18). The van der Waals surface area contributed by atoms with Crippen molar-refractivity contribution in [3.05, 3.63) is 0 Å². The van der Waals surface area contributed by atoms with Gasteiger partial charge in [0.2, 0.25) is 23.8 Å². The number of aromatic nitrogens is 3. The Morgan fingerprint density at radius 1 is 1.29 bits per heavy atom. The van der Waals surface area contributed by atoms with Crippen LogP contribution in [0.1, 0.15) is 26.7 Å². The topological polar surface area (TPSA) is 100 Å². The third-order valence-electron chi connectivity index (χ3n) is 3.39. The first-order valence-corrected chi connectivity index (χ1v) is 7.42. The number of amides is 1. The molecule has 0 saturated carbocycles. The van der Waals surface area contributed by atoms with Crippen LogP contribution >= 0.6 is 0 Å². The van der Waals surface area contributed by atoms with Crippen LogP contribution in [0, 0.1) is 0 Å². The molecule has 0 bridgehead atoms. The molecule has 8 heteroatoms. The normalized spacial score (nSPS) is 14.3. The Kier molecular flexibility index (Phi) is 5.13. The highest BCUT2D eigenvalue weighted by molar-refractivity contribution is 5.80. The van der Waals surface area contributed by atoms with Crippen molar-refractivity contribution in [2.75, 3.05) is 48.3 Å². The van der Waals surface area contributed by atoms with Gasteiger partial charge in [-0.15, -0.1) is 0 Å². The maximum Gasteiger partial charge on any atom is 0.239 e. The van der Waals surface area contributed by atoms with Crippen LogP contribution in [-0.2, 0) is 4.79 Å². The van der Waals surface area contributed by atoms with Crippen molar-refractivity contribution in [3.8, 4) is 0 Å². The second kappa shape index (κ2) is 7.05. The molecule has 1 fully saturated rings. The fourth-order valence-corrected chi connectivity index (χ4v) is 2.32. The summed E-state index contributed by atoms with van der Waals surface area (Å²) in [5, 5.41) is 2.77. The fourth-order valence-electron chi connectivity index (χ4n) is 2.32. The van der Waals surface area contributed by atoms with E-state index in [4.69, 9.17) is 5.73 Å². The highest BCUT2D eigenvalue weighted by atomic mass is 16.2. The van der Waals surface area contributed by atoms with Gasteiger partial charge in [-0.25, -0.2) is 0 Å². The highest BCUT2D eigenvalue weighted by Crippen LogP contribution is 2.19. The SMILES string of the molecule is CCNC(=O)CN(CC)c1nc(N)nc(N2CCCC2)n1. The first-order valence-electron chi connectivity index (χ1n) is 7.42. The molecule has 1 aliphatic heterocycles. The number of likely N-dealkylation sites (N-methyl/N-ethyl adjacent to an activating group) is 2. The van der Waals surface area contributed by atoms with Crippen molar-refractivity contribution in [2.24, 2.45) is 0 Å². The van der Waals surface area contributed by atoms with Gasteiger partial charge in [0.15, 0.2) is 0 Å². The van der Waals surface area contributed by atoms with Gasteiger partial charge in [-0.3, -0.25) is 4.79 Å². The summed E-state index contributed by atoms with van der Waals surface area (Å²) in [6.07, 6.45) is 2.27. The van der Waals surface area contributed by atoms with Gasteiger partial charge in [-0.2, -0.15) is 15.0 Å². The number of nitrogen functional groups attached to an aromatic ring is 1. The van der Waals surface area contributed by atoms with Crippen LogP contribution in [0.4, 0.5) is 17.8 Å². The van der Waals surface area contributed by atoms with E-state index >= 15 is 0 Å². The van der Waals surface area contributed by atoms with Crippen molar-refractivity contribution < 1.29 is 4.79 Å². The summed E-state index contributed by atoms with van der Waals surface area (Å²) in [5.41, 5.74) is 5.79. The number of hydrogen-bond acceptors (Lipinski definition) is 7. The number of hydrogen-bond donors (Lipinski definition) is 2. The molecule has 1 amide bonds. The van der Waals surface area contributed by atoms with Crippen LogP contribution in [-0.4, -0.2) is 53.6 Å². The highest BCUT2D eigenvalue weighted by Gasteiger charge is 2.19. The van der Waals surface area contributed by atoms with Crippen molar-refractivity contribution in [2.45, 2.75) is 26.7 Å². The maximum atomic E-state index is 11.7. The third-order valence-corrected chi connectivity index (χ3v) is 3.39. The lowest BCUT2D eigenvalue weighted by Crippen LogP contribution is -2.38. The maximum absolute atomic E-state index is 11.7. The number of nitrogens with zero attached hydrogens (tertiary/aromatic N) is 5. The summed E-state index contributed by atoms with van der Waals surface area (Å²) in [5.74, 6) is 1.19. The molecule has 8 nitrogen and oxygen atoms in total. The van der Waals surface area contributed by atoms with Gasteiger partial charge in [0.1, 0.15) is 0 Å². The second-order valence-electron chi connectivity index (χ2n) is 4.96. The Bertz CT molecular complexity index is 487. The van der Waals surface area contributed by atoms with Crippen LogP contribution in [0.25, 0.3) is 0 Å². The first kappa shape index (κ1) is 15.3. The number of carbonyl (C=O) groups excluding carboxylic acids is 1. The zero-order chi connectivity index (χ0) is 15.2. The number of nitrogens with two attached hydrogens (primary N) is 1. The van der Waals surface area contributed by atoms with E-state index in [1.807, 2.05) is 13.8 Å². The van der Waals surface area contributed by atoms with Crippen LogP contribution < -0.4 is 20.9 Å². The Labute approximate surface area is 124 Å². The van der Waals surface area contributed by atoms with Gasteiger partial charge < -0.3 is 20.9 Å². The van der Waals surface area contributed by atoms with Crippen molar-refractivity contribution in [1.29, 1.82) is 0 Å². The molecular weight excluding hydrogens is 270 g/mol. The Morgan fingerprint density at radius 2 is 2.00 bits per heavy atom. The summed E-state index contributed by atoms with van der Waals surface area (Å²) in [6, 6.07) is 0. The van der Waals surface area contributed by atoms with E-state index in [-0.39, 0.29) is 18.4 Å². The van der Waals surface area contributed by atoms with Crippen LogP contribution in [0.2, 0.25) is 0 Å². The van der Waals surface area contributed by atoms with E-state index in [9.17, 15) is 4.79 Å². The number of nitrogens with one attached hydrogen (secondary N) is 1. The van der Waals surface area contributed by atoms with Gasteiger partial charge in [0.25, 0.3) is 0 Å². The largest absolute Gasteiger partial charge is 0.368 e. The molecule has 116 valence electrons. The number of rotatable bonds is 6. The summed E-state index contributed by atoms with van der Waals surface area (Å²) in [6.45, 7) is 7.16. The molecule has 0 atom stereocenters. The van der Waals surface area contributed by atoms with Crippen LogP contribution in [0.5, 0.6) is 0 Å². The minimum absolute atomic E-state index is 0.0546. The van der Waals surface area contributed by atoms with Gasteiger partial charge >= 0.3 is 0 Å². The molecule has 1 aromatic rings. The molecule has 3 N–H and O–H groups in total. The van der Waals surface area contributed by atoms with E-state index in [1.54, 1.807) is 4.90 Å². The minimum Gasteiger partial charge on any atom is -0.368 e. The second-order valence-corrected chi connectivity index (χ2v) is 4.96.